The molecule has 0 amide bonds. The van der Waals surface area contributed by atoms with Crippen molar-refractivity contribution in [1.29, 1.82) is 0 Å². The largest absolute Gasteiger partial charge is 0.349 e. The lowest BCUT2D eigenvalue weighted by Gasteiger charge is -2.23. The van der Waals surface area contributed by atoms with Gasteiger partial charge in [-0.2, -0.15) is 0 Å². The summed E-state index contributed by atoms with van der Waals surface area (Å²) in [6.07, 6.45) is 0. The van der Waals surface area contributed by atoms with Crippen LogP contribution in [-0.4, -0.2) is 44.0 Å². The lowest BCUT2D eigenvalue weighted by Crippen LogP contribution is -2.35. The Kier molecular flexibility index (Phi) is 4.19. The highest BCUT2D eigenvalue weighted by Gasteiger charge is 2.08. The first-order chi connectivity index (χ1) is 7.43. The van der Waals surface area contributed by atoms with Crippen LogP contribution in [0.3, 0.4) is 0 Å². The molecule has 0 aliphatic carbocycles. The van der Waals surface area contributed by atoms with E-state index in [2.05, 4.69) is 4.99 Å². The fraction of sp³-hybridized carbons (Fsp3) is 0.417. The molecule has 0 spiro atoms. The van der Waals surface area contributed by atoms with Crippen LogP contribution in [0.15, 0.2) is 23.2 Å². The summed E-state index contributed by atoms with van der Waals surface area (Å²) in [5.74, 6) is 0.871. The van der Waals surface area contributed by atoms with E-state index in [-0.39, 0.29) is 0 Å². The minimum Gasteiger partial charge on any atom is -0.349 e. The number of aliphatic imine (C=N–C) groups is 1. The molecule has 0 saturated heterocycles. The molecular formula is C12H18ClN3. The topological polar surface area (TPSA) is 18.8 Å². The van der Waals surface area contributed by atoms with Crippen molar-refractivity contribution >= 4 is 23.2 Å². The summed E-state index contributed by atoms with van der Waals surface area (Å²) in [5.41, 5.74) is 1.91. The van der Waals surface area contributed by atoms with Crippen LogP contribution in [0.5, 0.6) is 0 Å². The van der Waals surface area contributed by atoms with Crippen molar-refractivity contribution in [3.8, 4) is 0 Å². The number of aryl methyl sites for hydroxylation is 1. The Morgan fingerprint density at radius 2 is 1.69 bits per heavy atom. The molecule has 3 nitrogen and oxygen atoms in total. The first-order valence-electron chi connectivity index (χ1n) is 5.12. The summed E-state index contributed by atoms with van der Waals surface area (Å²) < 4.78 is 0. The Morgan fingerprint density at radius 1 is 1.12 bits per heavy atom. The predicted molar refractivity (Wildman–Crippen MR) is 70.7 cm³/mol. The average molecular weight is 240 g/mol. The second kappa shape index (κ2) is 5.21. The molecule has 1 aromatic rings. The van der Waals surface area contributed by atoms with E-state index in [9.17, 15) is 0 Å². The molecule has 0 bridgehead atoms. The van der Waals surface area contributed by atoms with Crippen LogP contribution in [0.1, 0.15) is 5.56 Å². The van der Waals surface area contributed by atoms with Crippen molar-refractivity contribution in [2.75, 3.05) is 28.2 Å². The fourth-order valence-corrected chi connectivity index (χ4v) is 1.73. The number of para-hydroxylation sites is 1. The molecule has 0 N–H and O–H groups in total. The summed E-state index contributed by atoms with van der Waals surface area (Å²) in [6.45, 7) is 2.01. The van der Waals surface area contributed by atoms with Gasteiger partial charge in [-0.3, -0.25) is 0 Å². The second-order valence-corrected chi connectivity index (χ2v) is 4.51. The van der Waals surface area contributed by atoms with E-state index >= 15 is 0 Å². The molecule has 0 aliphatic heterocycles. The van der Waals surface area contributed by atoms with Crippen LogP contribution in [0.4, 0.5) is 5.69 Å². The third kappa shape index (κ3) is 2.89. The van der Waals surface area contributed by atoms with Gasteiger partial charge in [0.1, 0.15) is 0 Å². The Bertz CT molecular complexity index is 367. The van der Waals surface area contributed by atoms with Crippen molar-refractivity contribution in [2.24, 2.45) is 4.99 Å². The highest BCUT2D eigenvalue weighted by Crippen LogP contribution is 2.28. The summed E-state index contributed by atoms with van der Waals surface area (Å²) in [7, 11) is 7.85. The number of guanidine groups is 1. The minimum atomic E-state index is 0.682. The maximum Gasteiger partial charge on any atom is 0.200 e. The molecule has 1 aromatic carbocycles. The van der Waals surface area contributed by atoms with E-state index in [4.69, 9.17) is 11.6 Å². The number of rotatable bonds is 1. The molecule has 1 rings (SSSR count). The molecule has 0 unspecified atom stereocenters. The van der Waals surface area contributed by atoms with Crippen LogP contribution in [-0.2, 0) is 0 Å². The highest BCUT2D eigenvalue weighted by molar-refractivity contribution is 6.33. The van der Waals surface area contributed by atoms with Gasteiger partial charge in [0.15, 0.2) is 0 Å². The fourth-order valence-electron chi connectivity index (χ4n) is 1.46. The molecule has 16 heavy (non-hydrogen) atoms. The Morgan fingerprint density at radius 3 is 2.12 bits per heavy atom. The number of nitrogens with zero attached hydrogens (tertiary/aromatic N) is 3. The molecule has 0 fully saturated rings. The second-order valence-electron chi connectivity index (χ2n) is 4.11. The summed E-state index contributed by atoms with van der Waals surface area (Å²) in [5, 5.41) is 0.682. The van der Waals surface area contributed by atoms with Gasteiger partial charge in [-0.05, 0) is 18.6 Å². The van der Waals surface area contributed by atoms with E-state index in [1.807, 2.05) is 63.1 Å². The van der Waals surface area contributed by atoms with E-state index in [1.54, 1.807) is 0 Å². The predicted octanol–water partition coefficient (Wildman–Crippen LogP) is 2.76. The Balaban J connectivity index is 3.23. The zero-order valence-electron chi connectivity index (χ0n) is 10.5. The van der Waals surface area contributed by atoms with E-state index < -0.39 is 0 Å². The molecule has 0 radical (unpaired) electrons. The molecular weight excluding hydrogens is 222 g/mol. The number of halogens is 1. The first-order valence-corrected chi connectivity index (χ1v) is 5.49. The highest BCUT2D eigenvalue weighted by atomic mass is 35.5. The smallest absolute Gasteiger partial charge is 0.200 e. The van der Waals surface area contributed by atoms with E-state index in [0.29, 0.717) is 5.02 Å². The number of benzene rings is 1. The molecule has 0 heterocycles. The first kappa shape index (κ1) is 12.8. The summed E-state index contributed by atoms with van der Waals surface area (Å²) in [4.78, 5) is 8.52. The average Bonchev–Trinajstić information content (AvgIpc) is 2.15. The molecule has 0 atom stereocenters. The van der Waals surface area contributed by atoms with Gasteiger partial charge in [-0.15, -0.1) is 0 Å². The van der Waals surface area contributed by atoms with Gasteiger partial charge in [-0.1, -0.05) is 23.7 Å². The van der Waals surface area contributed by atoms with Crippen LogP contribution in [0.25, 0.3) is 0 Å². The SMILES string of the molecule is Cc1cccc(Cl)c1N=C(N(C)C)N(C)C. The maximum atomic E-state index is 6.14. The van der Waals surface area contributed by atoms with Crippen molar-refractivity contribution in [1.82, 2.24) is 9.80 Å². The minimum absolute atomic E-state index is 0.682. The standard InChI is InChI=1S/C12H18ClN3/c1-9-7-6-8-10(13)11(9)14-12(15(2)3)16(4)5/h6-8H,1-5H3. The number of hydrogen-bond donors (Lipinski definition) is 0. The van der Waals surface area contributed by atoms with Gasteiger partial charge >= 0.3 is 0 Å². The van der Waals surface area contributed by atoms with E-state index in [1.165, 1.54) is 0 Å². The summed E-state index contributed by atoms with van der Waals surface area (Å²) >= 11 is 6.14. The molecule has 4 heteroatoms. The van der Waals surface area contributed by atoms with Crippen LogP contribution in [0, 0.1) is 6.92 Å². The molecule has 88 valence electrons. The van der Waals surface area contributed by atoms with Crippen LogP contribution in [0.2, 0.25) is 5.02 Å². The normalized spacial score (nSPS) is 9.88. The molecule has 0 aromatic heterocycles. The van der Waals surface area contributed by atoms with Crippen molar-refractivity contribution in [2.45, 2.75) is 6.92 Å². The van der Waals surface area contributed by atoms with Crippen LogP contribution >= 0.6 is 11.6 Å². The van der Waals surface area contributed by atoms with Gasteiger partial charge in [0.2, 0.25) is 5.96 Å². The van der Waals surface area contributed by atoms with Gasteiger partial charge in [-0.25, -0.2) is 4.99 Å². The van der Waals surface area contributed by atoms with Crippen molar-refractivity contribution in [3.05, 3.63) is 28.8 Å². The third-order valence-electron chi connectivity index (χ3n) is 2.20. The maximum absolute atomic E-state index is 6.14. The Labute approximate surface area is 102 Å². The number of hydrogen-bond acceptors (Lipinski definition) is 1. The molecule has 0 aliphatic rings. The summed E-state index contributed by atoms with van der Waals surface area (Å²) in [6, 6.07) is 5.80. The van der Waals surface area contributed by atoms with Gasteiger partial charge in [0.25, 0.3) is 0 Å². The quantitative estimate of drug-likeness (QED) is 0.554. The zero-order chi connectivity index (χ0) is 12.3. The van der Waals surface area contributed by atoms with Crippen LogP contribution < -0.4 is 0 Å². The van der Waals surface area contributed by atoms with Crippen molar-refractivity contribution in [3.63, 3.8) is 0 Å². The molecule has 0 saturated carbocycles. The lowest BCUT2D eigenvalue weighted by molar-refractivity contribution is 0.484. The lowest BCUT2D eigenvalue weighted by atomic mass is 10.2. The third-order valence-corrected chi connectivity index (χ3v) is 2.51. The van der Waals surface area contributed by atoms with E-state index in [0.717, 1.165) is 17.2 Å². The van der Waals surface area contributed by atoms with Gasteiger partial charge in [0, 0.05) is 28.2 Å². The zero-order valence-corrected chi connectivity index (χ0v) is 11.2. The van der Waals surface area contributed by atoms with Gasteiger partial charge in [0.05, 0.1) is 10.7 Å². The monoisotopic (exact) mass is 239 g/mol. The van der Waals surface area contributed by atoms with Crippen molar-refractivity contribution < 1.29 is 0 Å². The Hall–Kier alpha value is -1.22. The van der Waals surface area contributed by atoms with Gasteiger partial charge < -0.3 is 9.80 Å².